The average Bonchev–Trinajstić information content (AvgIpc) is 2.79. The molecule has 0 heterocycles. The Balaban J connectivity index is 3.09. The number of benzene rings is 1. The van der Waals surface area contributed by atoms with E-state index in [4.69, 9.17) is 10.8 Å². The minimum absolute atomic E-state index is 0.00461. The van der Waals surface area contributed by atoms with Gasteiger partial charge in [0.1, 0.15) is 18.1 Å². The first-order valence-electron chi connectivity index (χ1n) is 12.0. The minimum Gasteiger partial charge on any atom is -0.481 e. The fourth-order valence-corrected chi connectivity index (χ4v) is 3.49. The summed E-state index contributed by atoms with van der Waals surface area (Å²) in [6.45, 7) is 7.02. The van der Waals surface area contributed by atoms with Crippen LogP contribution in [0, 0.1) is 11.8 Å². The number of aliphatic carboxylic acids is 2. The van der Waals surface area contributed by atoms with Crippen molar-refractivity contribution in [1.29, 1.82) is 0 Å². The summed E-state index contributed by atoms with van der Waals surface area (Å²) in [5.41, 5.74) is 6.53. The zero-order chi connectivity index (χ0) is 27.4. The zero-order valence-corrected chi connectivity index (χ0v) is 21.2. The van der Waals surface area contributed by atoms with Crippen molar-refractivity contribution in [2.45, 2.75) is 77.5 Å². The number of carboxylic acids is 2. The van der Waals surface area contributed by atoms with Gasteiger partial charge in [0.15, 0.2) is 0 Å². The van der Waals surface area contributed by atoms with Gasteiger partial charge in [-0.15, -0.1) is 0 Å². The van der Waals surface area contributed by atoms with Crippen molar-refractivity contribution in [3.8, 4) is 0 Å². The van der Waals surface area contributed by atoms with Crippen LogP contribution in [0.5, 0.6) is 0 Å². The third-order valence-electron chi connectivity index (χ3n) is 5.49. The van der Waals surface area contributed by atoms with E-state index in [2.05, 4.69) is 16.0 Å². The molecule has 1 aromatic rings. The molecule has 1 rings (SSSR count). The molecule has 0 saturated carbocycles. The van der Waals surface area contributed by atoms with Gasteiger partial charge in [-0.3, -0.25) is 19.2 Å². The summed E-state index contributed by atoms with van der Waals surface area (Å²) in [6.07, 6.45) is -0.0481. The van der Waals surface area contributed by atoms with Crippen LogP contribution < -0.4 is 21.7 Å². The fraction of sp³-hybridized carbons (Fsp3) is 0.560. The maximum absolute atomic E-state index is 13.2. The van der Waals surface area contributed by atoms with Crippen molar-refractivity contribution in [3.05, 3.63) is 35.9 Å². The molecule has 0 spiro atoms. The monoisotopic (exact) mass is 506 g/mol. The van der Waals surface area contributed by atoms with Crippen LogP contribution in [0.1, 0.15) is 52.5 Å². The van der Waals surface area contributed by atoms with Crippen molar-refractivity contribution < 1.29 is 34.2 Å². The molecule has 0 aliphatic rings. The fourth-order valence-electron chi connectivity index (χ4n) is 3.49. The first-order valence-corrected chi connectivity index (χ1v) is 12.0. The van der Waals surface area contributed by atoms with E-state index < -0.39 is 53.8 Å². The number of carboxylic acid groups (broad SMARTS) is 2. The molecule has 0 aromatic heterocycles. The lowest BCUT2D eigenvalue weighted by Crippen LogP contribution is -2.58. The second-order valence-corrected chi connectivity index (χ2v) is 9.55. The number of nitrogens with one attached hydrogen (secondary N) is 3. The largest absolute Gasteiger partial charge is 0.481 e. The summed E-state index contributed by atoms with van der Waals surface area (Å²) in [4.78, 5) is 61.1. The van der Waals surface area contributed by atoms with Crippen molar-refractivity contribution in [1.82, 2.24) is 16.0 Å². The molecule has 0 aliphatic heterocycles. The number of hydrogen-bond acceptors (Lipinski definition) is 6. The molecule has 200 valence electrons. The molecule has 0 aliphatic carbocycles. The molecule has 7 N–H and O–H groups in total. The Hall–Kier alpha value is -3.47. The Morgan fingerprint density at radius 2 is 1.39 bits per heavy atom. The Morgan fingerprint density at radius 1 is 0.833 bits per heavy atom. The first kappa shape index (κ1) is 30.6. The number of amides is 3. The van der Waals surface area contributed by atoms with Gasteiger partial charge in [0, 0.05) is 12.8 Å². The predicted octanol–water partition coefficient (Wildman–Crippen LogP) is 0.662. The van der Waals surface area contributed by atoms with Gasteiger partial charge in [-0.25, -0.2) is 4.79 Å². The van der Waals surface area contributed by atoms with Gasteiger partial charge in [0.25, 0.3) is 0 Å². The molecule has 0 radical (unpaired) electrons. The highest BCUT2D eigenvalue weighted by Crippen LogP contribution is 2.10. The van der Waals surface area contributed by atoms with E-state index in [9.17, 15) is 29.1 Å². The Bertz CT molecular complexity index is 905. The first-order chi connectivity index (χ1) is 16.8. The summed E-state index contributed by atoms with van der Waals surface area (Å²) < 4.78 is 0. The maximum Gasteiger partial charge on any atom is 0.326 e. The Kier molecular flexibility index (Phi) is 12.6. The summed E-state index contributed by atoms with van der Waals surface area (Å²) in [5.74, 6) is -4.65. The number of carbonyl (C=O) groups excluding carboxylic acids is 3. The van der Waals surface area contributed by atoms with E-state index >= 15 is 0 Å². The number of carbonyl (C=O) groups is 5. The van der Waals surface area contributed by atoms with Crippen molar-refractivity contribution in [2.24, 2.45) is 17.6 Å². The molecule has 0 bridgehead atoms. The number of nitrogens with two attached hydrogens (primary N) is 1. The smallest absolute Gasteiger partial charge is 0.326 e. The van der Waals surface area contributed by atoms with Crippen LogP contribution in [0.3, 0.4) is 0 Å². The molecule has 1 aromatic carbocycles. The van der Waals surface area contributed by atoms with E-state index in [-0.39, 0.29) is 37.5 Å². The lowest BCUT2D eigenvalue weighted by molar-refractivity contribution is -0.143. The maximum atomic E-state index is 13.2. The molecule has 36 heavy (non-hydrogen) atoms. The zero-order valence-electron chi connectivity index (χ0n) is 21.2. The standard InChI is InChI=1S/C25H38N4O7/c1-14(2)12-18(27-22(32)17(26)10-11-20(30)31)23(33)28-19(13-16-8-6-5-7-9-16)24(34)29-21(15(3)4)25(35)36/h5-9,14-15,17-19,21H,10-13,26H2,1-4H3,(H,27,32)(H,28,33)(H,29,34)(H,30,31)(H,35,36). The van der Waals surface area contributed by atoms with Crippen molar-refractivity contribution >= 4 is 29.7 Å². The minimum atomic E-state index is -1.19. The molecule has 4 atom stereocenters. The second kappa shape index (κ2) is 14.8. The third kappa shape index (κ3) is 10.9. The van der Waals surface area contributed by atoms with Gasteiger partial charge in [-0.05, 0) is 30.2 Å². The van der Waals surface area contributed by atoms with Crippen LogP contribution >= 0.6 is 0 Å². The van der Waals surface area contributed by atoms with Gasteiger partial charge in [0.05, 0.1) is 6.04 Å². The van der Waals surface area contributed by atoms with E-state index in [0.29, 0.717) is 0 Å². The van der Waals surface area contributed by atoms with Crippen LogP contribution in [-0.2, 0) is 30.4 Å². The highest BCUT2D eigenvalue weighted by Gasteiger charge is 2.31. The van der Waals surface area contributed by atoms with E-state index in [0.717, 1.165) is 5.56 Å². The molecule has 11 nitrogen and oxygen atoms in total. The lowest BCUT2D eigenvalue weighted by Gasteiger charge is -2.26. The highest BCUT2D eigenvalue weighted by molar-refractivity contribution is 5.94. The molecule has 0 saturated heterocycles. The van der Waals surface area contributed by atoms with Gasteiger partial charge in [-0.2, -0.15) is 0 Å². The molecule has 4 unspecified atom stereocenters. The van der Waals surface area contributed by atoms with Crippen LogP contribution in [-0.4, -0.2) is 64.0 Å². The van der Waals surface area contributed by atoms with Crippen molar-refractivity contribution in [2.75, 3.05) is 0 Å². The Morgan fingerprint density at radius 3 is 1.89 bits per heavy atom. The molecule has 3 amide bonds. The van der Waals surface area contributed by atoms with E-state index in [1.807, 2.05) is 13.8 Å². The van der Waals surface area contributed by atoms with Gasteiger partial charge >= 0.3 is 11.9 Å². The average molecular weight is 507 g/mol. The lowest BCUT2D eigenvalue weighted by atomic mass is 9.99. The summed E-state index contributed by atoms with van der Waals surface area (Å²) in [5, 5.41) is 26.0. The van der Waals surface area contributed by atoms with Gasteiger partial charge in [0.2, 0.25) is 17.7 Å². The summed E-state index contributed by atoms with van der Waals surface area (Å²) >= 11 is 0. The Labute approximate surface area is 211 Å². The topological polar surface area (TPSA) is 188 Å². The van der Waals surface area contributed by atoms with Gasteiger partial charge in [-0.1, -0.05) is 58.0 Å². The normalized spacial score (nSPS) is 14.4. The predicted molar refractivity (Wildman–Crippen MR) is 133 cm³/mol. The van der Waals surface area contributed by atoms with Crippen LogP contribution in [0.4, 0.5) is 0 Å². The SMILES string of the molecule is CC(C)CC(NC(=O)C(N)CCC(=O)O)C(=O)NC(Cc1ccccc1)C(=O)NC(C(=O)O)C(C)C. The molecule has 11 heteroatoms. The van der Waals surface area contributed by atoms with Crippen LogP contribution in [0.2, 0.25) is 0 Å². The second-order valence-electron chi connectivity index (χ2n) is 9.55. The third-order valence-corrected chi connectivity index (χ3v) is 5.49. The van der Waals surface area contributed by atoms with Crippen molar-refractivity contribution in [3.63, 3.8) is 0 Å². The van der Waals surface area contributed by atoms with Crippen LogP contribution in [0.15, 0.2) is 30.3 Å². The number of hydrogen-bond donors (Lipinski definition) is 6. The number of rotatable bonds is 15. The molecular weight excluding hydrogens is 468 g/mol. The summed E-state index contributed by atoms with van der Waals surface area (Å²) in [7, 11) is 0. The van der Waals surface area contributed by atoms with E-state index in [1.54, 1.807) is 44.2 Å². The van der Waals surface area contributed by atoms with Crippen LogP contribution in [0.25, 0.3) is 0 Å². The molecule has 0 fully saturated rings. The summed E-state index contributed by atoms with van der Waals surface area (Å²) in [6, 6.07) is 4.52. The molecular formula is C25H38N4O7. The highest BCUT2D eigenvalue weighted by atomic mass is 16.4. The quantitative estimate of drug-likeness (QED) is 0.200. The van der Waals surface area contributed by atoms with Gasteiger partial charge < -0.3 is 31.9 Å². The van der Waals surface area contributed by atoms with E-state index in [1.165, 1.54) is 0 Å².